The lowest BCUT2D eigenvalue weighted by atomic mass is 10.0. The fourth-order valence-corrected chi connectivity index (χ4v) is 2.30. The molecule has 0 aliphatic rings. The van der Waals surface area contributed by atoms with Crippen molar-refractivity contribution >= 4 is 11.6 Å². The largest absolute Gasteiger partial charge is 0.439 e. The summed E-state index contributed by atoms with van der Waals surface area (Å²) < 4.78 is 5.78. The van der Waals surface area contributed by atoms with Crippen molar-refractivity contribution in [1.29, 1.82) is 5.26 Å². The summed E-state index contributed by atoms with van der Waals surface area (Å²) in [5.41, 5.74) is 2.48. The lowest BCUT2D eigenvalue weighted by Gasteiger charge is -2.14. The third kappa shape index (κ3) is 3.09. The highest BCUT2D eigenvalue weighted by atomic mass is 35.5. The molecule has 1 aromatic heterocycles. The Morgan fingerprint density at radius 3 is 2.70 bits per heavy atom. The molecule has 0 saturated carbocycles. The molecule has 0 saturated heterocycles. The van der Waals surface area contributed by atoms with E-state index in [9.17, 15) is 0 Å². The molecule has 1 aromatic carbocycles. The van der Waals surface area contributed by atoms with Crippen LogP contribution in [0.25, 0.3) is 0 Å². The van der Waals surface area contributed by atoms with Crippen LogP contribution in [0.2, 0.25) is 5.02 Å². The molecule has 0 aliphatic heterocycles. The standard InChI is InChI=1S/C16H15ClN2O/c1-10(2)13-8-15(11(3)6-14(13)17)20-16-7-12(9-18)4-5-19-16/h4-8,10H,1-3H3. The van der Waals surface area contributed by atoms with Gasteiger partial charge < -0.3 is 4.74 Å². The van der Waals surface area contributed by atoms with Crippen molar-refractivity contribution in [2.75, 3.05) is 0 Å². The second kappa shape index (κ2) is 5.94. The Kier molecular flexibility index (Phi) is 4.26. The van der Waals surface area contributed by atoms with Gasteiger partial charge in [-0.25, -0.2) is 4.98 Å². The number of aryl methyl sites for hydroxylation is 1. The first kappa shape index (κ1) is 14.4. The highest BCUT2D eigenvalue weighted by Gasteiger charge is 2.11. The van der Waals surface area contributed by atoms with Gasteiger partial charge in [0.2, 0.25) is 5.88 Å². The SMILES string of the molecule is Cc1cc(Cl)c(C(C)C)cc1Oc1cc(C#N)ccn1. The molecular formula is C16H15ClN2O. The molecule has 0 radical (unpaired) electrons. The summed E-state index contributed by atoms with van der Waals surface area (Å²) >= 11 is 6.23. The first-order valence-electron chi connectivity index (χ1n) is 6.35. The van der Waals surface area contributed by atoms with Crippen LogP contribution in [0.3, 0.4) is 0 Å². The second-order valence-corrected chi connectivity index (χ2v) is 5.30. The smallest absolute Gasteiger partial charge is 0.220 e. The molecule has 2 aromatic rings. The van der Waals surface area contributed by atoms with E-state index in [4.69, 9.17) is 21.6 Å². The van der Waals surface area contributed by atoms with Crippen LogP contribution in [0, 0.1) is 18.3 Å². The Bertz CT molecular complexity index is 675. The first-order chi connectivity index (χ1) is 9.51. The average molecular weight is 287 g/mol. The lowest BCUT2D eigenvalue weighted by Crippen LogP contribution is -1.95. The molecule has 0 spiro atoms. The lowest BCUT2D eigenvalue weighted by molar-refractivity contribution is 0.458. The monoisotopic (exact) mass is 286 g/mol. The Morgan fingerprint density at radius 1 is 1.30 bits per heavy atom. The Balaban J connectivity index is 2.38. The molecule has 1 heterocycles. The van der Waals surface area contributed by atoms with E-state index in [1.54, 1.807) is 18.3 Å². The number of pyridine rings is 1. The highest BCUT2D eigenvalue weighted by molar-refractivity contribution is 6.31. The maximum atomic E-state index is 8.89. The van der Waals surface area contributed by atoms with Crippen molar-refractivity contribution in [2.24, 2.45) is 0 Å². The van der Waals surface area contributed by atoms with Gasteiger partial charge in [0.25, 0.3) is 0 Å². The van der Waals surface area contributed by atoms with Crippen molar-refractivity contribution in [3.8, 4) is 17.7 Å². The average Bonchev–Trinajstić information content (AvgIpc) is 2.41. The van der Waals surface area contributed by atoms with Crippen LogP contribution in [-0.4, -0.2) is 4.98 Å². The summed E-state index contributed by atoms with van der Waals surface area (Å²) in [6.45, 7) is 6.09. The third-order valence-corrected chi connectivity index (χ3v) is 3.32. The molecule has 3 nitrogen and oxygen atoms in total. The van der Waals surface area contributed by atoms with Gasteiger partial charge in [-0.15, -0.1) is 0 Å². The van der Waals surface area contributed by atoms with Gasteiger partial charge in [-0.2, -0.15) is 5.26 Å². The van der Waals surface area contributed by atoms with Crippen LogP contribution < -0.4 is 4.74 Å². The van der Waals surface area contributed by atoms with Crippen LogP contribution in [0.15, 0.2) is 30.5 Å². The summed E-state index contributed by atoms with van der Waals surface area (Å²) in [5.74, 6) is 1.42. The van der Waals surface area contributed by atoms with Crippen molar-refractivity contribution < 1.29 is 4.74 Å². The number of hydrogen-bond acceptors (Lipinski definition) is 3. The number of nitrogens with zero attached hydrogens (tertiary/aromatic N) is 2. The zero-order chi connectivity index (χ0) is 14.7. The molecule has 0 atom stereocenters. The van der Waals surface area contributed by atoms with Crippen molar-refractivity contribution in [3.63, 3.8) is 0 Å². The van der Waals surface area contributed by atoms with Crippen molar-refractivity contribution in [1.82, 2.24) is 4.98 Å². The Hall–Kier alpha value is -2.05. The van der Waals surface area contributed by atoms with E-state index >= 15 is 0 Å². The minimum absolute atomic E-state index is 0.309. The van der Waals surface area contributed by atoms with E-state index in [0.717, 1.165) is 16.1 Å². The molecule has 20 heavy (non-hydrogen) atoms. The maximum absolute atomic E-state index is 8.89. The fraction of sp³-hybridized carbons (Fsp3) is 0.250. The number of rotatable bonds is 3. The fourth-order valence-electron chi connectivity index (χ4n) is 1.87. The maximum Gasteiger partial charge on any atom is 0.220 e. The molecular weight excluding hydrogens is 272 g/mol. The van der Waals surface area contributed by atoms with Crippen LogP contribution in [0.5, 0.6) is 11.6 Å². The Morgan fingerprint density at radius 2 is 2.05 bits per heavy atom. The molecule has 0 unspecified atom stereocenters. The van der Waals surface area contributed by atoms with E-state index in [0.29, 0.717) is 23.1 Å². The van der Waals surface area contributed by atoms with Crippen molar-refractivity contribution in [2.45, 2.75) is 26.7 Å². The summed E-state index contributed by atoms with van der Waals surface area (Å²) in [4.78, 5) is 4.11. The third-order valence-electron chi connectivity index (χ3n) is 2.99. The summed E-state index contributed by atoms with van der Waals surface area (Å²) in [7, 11) is 0. The van der Waals surface area contributed by atoms with Gasteiger partial charge in [-0.1, -0.05) is 25.4 Å². The second-order valence-electron chi connectivity index (χ2n) is 4.89. The van der Waals surface area contributed by atoms with E-state index in [1.165, 1.54) is 0 Å². The van der Waals surface area contributed by atoms with E-state index in [-0.39, 0.29) is 0 Å². The van der Waals surface area contributed by atoms with Crippen LogP contribution in [0.1, 0.15) is 36.5 Å². The van der Waals surface area contributed by atoms with Gasteiger partial charge in [0, 0.05) is 17.3 Å². The molecule has 0 amide bonds. The number of halogens is 1. The van der Waals surface area contributed by atoms with Crippen LogP contribution in [0.4, 0.5) is 0 Å². The highest BCUT2D eigenvalue weighted by Crippen LogP contribution is 2.33. The van der Waals surface area contributed by atoms with Gasteiger partial charge in [-0.05, 0) is 42.2 Å². The predicted molar refractivity (Wildman–Crippen MR) is 79.3 cm³/mol. The number of aromatic nitrogens is 1. The zero-order valence-corrected chi connectivity index (χ0v) is 12.4. The molecule has 0 aliphatic carbocycles. The van der Waals surface area contributed by atoms with E-state index in [2.05, 4.69) is 24.9 Å². The Labute approximate surface area is 123 Å². The minimum Gasteiger partial charge on any atom is -0.439 e. The first-order valence-corrected chi connectivity index (χ1v) is 6.73. The molecule has 0 N–H and O–H groups in total. The summed E-state index contributed by atoms with van der Waals surface area (Å²) in [5, 5.41) is 9.62. The number of ether oxygens (including phenoxy) is 1. The van der Waals surface area contributed by atoms with E-state index in [1.807, 2.05) is 19.1 Å². The topological polar surface area (TPSA) is 45.9 Å². The molecule has 2 rings (SSSR count). The number of benzene rings is 1. The van der Waals surface area contributed by atoms with Crippen LogP contribution in [-0.2, 0) is 0 Å². The summed E-state index contributed by atoms with van der Waals surface area (Å²) in [6.07, 6.45) is 1.56. The molecule has 4 heteroatoms. The van der Waals surface area contributed by atoms with Gasteiger partial charge in [0.1, 0.15) is 5.75 Å². The van der Waals surface area contributed by atoms with E-state index < -0.39 is 0 Å². The quantitative estimate of drug-likeness (QED) is 0.812. The van der Waals surface area contributed by atoms with Gasteiger partial charge >= 0.3 is 0 Å². The van der Waals surface area contributed by atoms with Crippen LogP contribution >= 0.6 is 11.6 Å². The normalized spacial score (nSPS) is 10.4. The number of nitriles is 1. The predicted octanol–water partition coefficient (Wildman–Crippen LogP) is 4.83. The zero-order valence-electron chi connectivity index (χ0n) is 11.6. The van der Waals surface area contributed by atoms with Gasteiger partial charge in [-0.3, -0.25) is 0 Å². The molecule has 0 fully saturated rings. The van der Waals surface area contributed by atoms with Gasteiger partial charge in [0.15, 0.2) is 0 Å². The summed E-state index contributed by atoms with van der Waals surface area (Å²) in [6, 6.07) is 9.14. The number of hydrogen-bond donors (Lipinski definition) is 0. The minimum atomic E-state index is 0.309. The molecule has 0 bridgehead atoms. The molecule has 102 valence electrons. The van der Waals surface area contributed by atoms with Crippen molar-refractivity contribution in [3.05, 3.63) is 52.2 Å². The van der Waals surface area contributed by atoms with Gasteiger partial charge in [0.05, 0.1) is 11.6 Å².